The summed E-state index contributed by atoms with van der Waals surface area (Å²) < 4.78 is 1.48. The van der Waals surface area contributed by atoms with Crippen LogP contribution in [0.5, 0.6) is 0 Å². The van der Waals surface area contributed by atoms with Gasteiger partial charge < -0.3 is 20.1 Å². The minimum Gasteiger partial charge on any atom is -0.371 e. The number of nitrogens with one attached hydrogen (secondary N) is 3. The maximum atomic E-state index is 12.3. The molecule has 1 unspecified atom stereocenters. The van der Waals surface area contributed by atoms with E-state index in [-0.39, 0.29) is 5.56 Å². The van der Waals surface area contributed by atoms with E-state index in [1.54, 1.807) is 6.20 Å². The van der Waals surface area contributed by atoms with Gasteiger partial charge in [0.25, 0.3) is 5.56 Å². The van der Waals surface area contributed by atoms with Gasteiger partial charge in [0.1, 0.15) is 0 Å². The molecule has 1 atom stereocenters. The van der Waals surface area contributed by atoms with Crippen molar-refractivity contribution in [1.82, 2.24) is 39.2 Å². The van der Waals surface area contributed by atoms with Crippen LogP contribution in [0.2, 0.25) is 5.02 Å². The zero-order valence-corrected chi connectivity index (χ0v) is 29.6. The highest BCUT2D eigenvalue weighted by molar-refractivity contribution is 6.33. The Hall–Kier alpha value is -4.49. The van der Waals surface area contributed by atoms with Gasteiger partial charge in [-0.05, 0) is 49.4 Å². The number of aromatic nitrogens is 5. The van der Waals surface area contributed by atoms with Gasteiger partial charge in [0.15, 0.2) is 0 Å². The maximum Gasteiger partial charge on any atom is 0.332 e. The molecule has 0 amide bonds. The molecular weight excluding hydrogens is 664 g/mol. The molecule has 0 saturated carbocycles. The van der Waals surface area contributed by atoms with Gasteiger partial charge in [-0.15, -0.1) is 0 Å². The molecule has 3 aliphatic heterocycles. The second kappa shape index (κ2) is 15.0. The monoisotopic (exact) mass is 708 g/mol. The number of rotatable bonds is 10. The largest absolute Gasteiger partial charge is 0.371 e. The second-order valence-corrected chi connectivity index (χ2v) is 14.5. The highest BCUT2D eigenvalue weighted by atomic mass is 35.5. The van der Waals surface area contributed by atoms with Gasteiger partial charge in [0, 0.05) is 119 Å². The van der Waals surface area contributed by atoms with Crippen LogP contribution in [0.1, 0.15) is 19.3 Å². The summed E-state index contributed by atoms with van der Waals surface area (Å²) in [6, 6.07) is 17.9. The van der Waals surface area contributed by atoms with Gasteiger partial charge in [-0.3, -0.25) is 24.1 Å². The molecule has 2 aromatic carbocycles. The Morgan fingerprint density at radius 1 is 0.843 bits per heavy atom. The Labute approximate surface area is 302 Å². The average molecular weight is 709 g/mol. The molecule has 51 heavy (non-hydrogen) atoms. The first kappa shape index (κ1) is 33.6. The van der Waals surface area contributed by atoms with E-state index >= 15 is 0 Å². The van der Waals surface area contributed by atoms with Crippen molar-refractivity contribution >= 4 is 34.1 Å². The first-order chi connectivity index (χ1) is 24.9. The Morgan fingerprint density at radius 2 is 1.63 bits per heavy atom. The van der Waals surface area contributed by atoms with Crippen molar-refractivity contribution in [2.45, 2.75) is 25.3 Å². The molecule has 3 aliphatic rings. The third-order valence-electron chi connectivity index (χ3n) is 10.8. The van der Waals surface area contributed by atoms with E-state index in [4.69, 9.17) is 16.6 Å². The molecule has 266 valence electrons. The van der Waals surface area contributed by atoms with Crippen molar-refractivity contribution in [3.63, 3.8) is 0 Å². The van der Waals surface area contributed by atoms with Crippen molar-refractivity contribution in [2.75, 3.05) is 82.2 Å². The summed E-state index contributed by atoms with van der Waals surface area (Å²) in [6.07, 6.45) is 8.61. The summed E-state index contributed by atoms with van der Waals surface area (Å²) in [5.74, 6) is 1.33. The lowest BCUT2D eigenvalue weighted by Crippen LogP contribution is -2.50. The highest BCUT2D eigenvalue weighted by Crippen LogP contribution is 2.32. The fourth-order valence-corrected chi connectivity index (χ4v) is 8.10. The van der Waals surface area contributed by atoms with Crippen molar-refractivity contribution in [3.05, 3.63) is 99.0 Å². The average Bonchev–Trinajstić information content (AvgIpc) is 3.79. The summed E-state index contributed by atoms with van der Waals surface area (Å²) in [4.78, 5) is 49.0. The molecule has 8 rings (SSSR count). The zero-order chi connectivity index (χ0) is 34.7. The molecule has 12 nitrogen and oxygen atoms in total. The normalized spacial score (nSPS) is 19.6. The number of anilines is 2. The van der Waals surface area contributed by atoms with Crippen LogP contribution in [0.15, 0.2) is 82.8 Å². The Morgan fingerprint density at radius 3 is 2.47 bits per heavy atom. The number of hydrogen-bond donors (Lipinski definition) is 3. The maximum absolute atomic E-state index is 12.3. The number of aromatic amines is 2. The van der Waals surface area contributed by atoms with Crippen molar-refractivity contribution in [2.24, 2.45) is 5.92 Å². The number of piperidine rings is 1. The van der Waals surface area contributed by atoms with Gasteiger partial charge in [-0.2, -0.15) is 0 Å². The van der Waals surface area contributed by atoms with Crippen molar-refractivity contribution < 1.29 is 0 Å². The molecule has 3 fully saturated rings. The third kappa shape index (κ3) is 7.74. The lowest BCUT2D eigenvalue weighted by atomic mass is 9.95. The lowest BCUT2D eigenvalue weighted by molar-refractivity contribution is 0.105. The van der Waals surface area contributed by atoms with E-state index in [0.717, 1.165) is 105 Å². The van der Waals surface area contributed by atoms with Crippen molar-refractivity contribution in [1.29, 1.82) is 0 Å². The van der Waals surface area contributed by atoms with E-state index < -0.39 is 5.69 Å². The van der Waals surface area contributed by atoms with Gasteiger partial charge in [-0.1, -0.05) is 35.9 Å². The minimum atomic E-state index is -0.419. The Balaban J connectivity index is 0.755. The number of fused-ring (bicyclic) bond motifs is 1. The predicted molar refractivity (Wildman–Crippen MR) is 203 cm³/mol. The first-order valence-corrected chi connectivity index (χ1v) is 18.5. The van der Waals surface area contributed by atoms with E-state index in [0.29, 0.717) is 22.9 Å². The molecule has 3 saturated heterocycles. The number of benzene rings is 2. The summed E-state index contributed by atoms with van der Waals surface area (Å²) in [7, 11) is 0. The van der Waals surface area contributed by atoms with Crippen LogP contribution in [-0.2, 0) is 0 Å². The fraction of sp³-hybridized carbons (Fsp3) is 0.421. The topological polar surface area (TPSA) is 121 Å². The van der Waals surface area contributed by atoms with Gasteiger partial charge in [0.2, 0.25) is 5.95 Å². The number of nitrogens with zero attached hydrogens (tertiary/aromatic N) is 7. The van der Waals surface area contributed by atoms with E-state index in [9.17, 15) is 9.59 Å². The van der Waals surface area contributed by atoms with Gasteiger partial charge in [0.05, 0.1) is 22.6 Å². The van der Waals surface area contributed by atoms with Crippen LogP contribution in [0.25, 0.3) is 27.8 Å². The van der Waals surface area contributed by atoms with Crippen LogP contribution >= 0.6 is 11.6 Å². The summed E-state index contributed by atoms with van der Waals surface area (Å²) in [6.45, 7) is 12.0. The minimum absolute atomic E-state index is 0.314. The quantitative estimate of drug-likeness (QED) is 0.197. The highest BCUT2D eigenvalue weighted by Gasteiger charge is 2.27. The number of likely N-dealkylation sites (tertiary alicyclic amines) is 1. The number of halogens is 1. The number of piperazine rings is 1. The summed E-state index contributed by atoms with van der Waals surface area (Å²) in [5, 5.41) is 5.22. The predicted octanol–water partition coefficient (Wildman–Crippen LogP) is 4.14. The number of H-pyrrole nitrogens is 2. The van der Waals surface area contributed by atoms with Crippen LogP contribution < -0.4 is 21.5 Å². The van der Waals surface area contributed by atoms with Gasteiger partial charge >= 0.3 is 5.69 Å². The molecule has 3 N–H and O–H groups in total. The van der Waals surface area contributed by atoms with Crippen LogP contribution in [0, 0.1) is 5.92 Å². The second-order valence-electron chi connectivity index (χ2n) is 14.1. The van der Waals surface area contributed by atoms with Crippen molar-refractivity contribution in [3.8, 4) is 16.9 Å². The number of hydrogen-bond acceptors (Lipinski definition) is 9. The Bertz CT molecular complexity index is 2080. The smallest absolute Gasteiger partial charge is 0.332 e. The fourth-order valence-electron chi connectivity index (χ4n) is 7.91. The molecule has 0 aliphatic carbocycles. The molecule has 0 radical (unpaired) electrons. The molecule has 0 spiro atoms. The van der Waals surface area contributed by atoms with E-state index in [1.807, 2.05) is 36.5 Å². The summed E-state index contributed by atoms with van der Waals surface area (Å²) in [5.41, 5.74) is 3.87. The van der Waals surface area contributed by atoms with Crippen LogP contribution in [0.3, 0.4) is 0 Å². The molecule has 13 heteroatoms. The lowest BCUT2D eigenvalue weighted by Gasteiger charge is -2.39. The Kier molecular flexibility index (Phi) is 9.90. The molecule has 6 heterocycles. The molecule has 0 bridgehead atoms. The molecule has 3 aromatic heterocycles. The third-order valence-corrected chi connectivity index (χ3v) is 11.1. The summed E-state index contributed by atoms with van der Waals surface area (Å²) >= 11 is 6.56. The zero-order valence-electron chi connectivity index (χ0n) is 28.8. The van der Waals surface area contributed by atoms with Crippen LogP contribution in [0.4, 0.5) is 11.6 Å². The molecule has 5 aromatic rings. The number of para-hydroxylation sites is 1. The van der Waals surface area contributed by atoms with Gasteiger partial charge in [-0.25, -0.2) is 14.8 Å². The van der Waals surface area contributed by atoms with Crippen LogP contribution in [-0.4, -0.2) is 117 Å². The standard InChI is InChI=1S/C38H45ClN10O2/c39-33-24-41-37(44-36(33)32-23-40-34-7-2-1-6-31(32)34)42-28-10-12-46(26-28)19-16-45-17-20-47(21-18-45)25-27-8-13-48(14-9-27)29-4-3-5-30(22-29)49-15-11-35(50)43-38(49)51/h1-7,11,15,22-24,27-28,40H,8-10,12-14,16-21,25-26H2,(H,41,42,44)(H,43,50,51). The van der Waals surface area contributed by atoms with E-state index in [2.05, 4.69) is 58.1 Å². The molecular formula is C38H45ClN10O2. The first-order valence-electron chi connectivity index (χ1n) is 18.2. The van der Waals surface area contributed by atoms with E-state index in [1.165, 1.54) is 36.2 Å². The SMILES string of the molecule is O=c1ccn(-c2cccc(N3CCC(CN4CCN(CCN5CCC(Nc6ncc(Cl)c(-c7c[nH]c8ccccc78)n6)C5)CC4)CC3)c2)c(=O)[nH]1.